The molecule has 0 aromatic heterocycles. The summed E-state index contributed by atoms with van der Waals surface area (Å²) in [5.74, 6) is -2.22. The number of hydrogen-bond acceptors (Lipinski definition) is 3. The molecular formula is C8H14N2O4. The Kier molecular flexibility index (Phi) is 9.68. The minimum absolute atomic E-state index is 0.289. The largest absolute Gasteiger partial charge is 0.478 e. The summed E-state index contributed by atoms with van der Waals surface area (Å²) in [6.07, 6.45) is 2.83. The van der Waals surface area contributed by atoms with Gasteiger partial charge >= 0.3 is 11.9 Å². The molecule has 0 unspecified atom stereocenters. The van der Waals surface area contributed by atoms with Crippen LogP contribution in [0, 0.1) is 5.41 Å². The summed E-state index contributed by atoms with van der Waals surface area (Å²) in [5.41, 5.74) is 4.99. The van der Waals surface area contributed by atoms with Gasteiger partial charge in [0.15, 0.2) is 0 Å². The fourth-order valence-electron chi connectivity index (χ4n) is 0.412. The summed E-state index contributed by atoms with van der Waals surface area (Å²) in [4.78, 5) is 19.1. The van der Waals surface area contributed by atoms with Gasteiger partial charge in [-0.3, -0.25) is 5.41 Å². The van der Waals surface area contributed by atoms with Crippen molar-refractivity contribution in [3.63, 3.8) is 0 Å². The van der Waals surface area contributed by atoms with Crippen LogP contribution in [0.25, 0.3) is 0 Å². The van der Waals surface area contributed by atoms with Crippen molar-refractivity contribution in [1.82, 2.24) is 0 Å². The second-order valence-electron chi connectivity index (χ2n) is 2.29. The lowest BCUT2D eigenvalue weighted by molar-refractivity contribution is -0.134. The maximum atomic E-state index is 9.55. The highest BCUT2D eigenvalue weighted by atomic mass is 16.4. The van der Waals surface area contributed by atoms with E-state index in [1.165, 1.54) is 0 Å². The van der Waals surface area contributed by atoms with Crippen molar-refractivity contribution in [3.8, 4) is 0 Å². The van der Waals surface area contributed by atoms with Crippen LogP contribution in [0.5, 0.6) is 0 Å². The Hall–Kier alpha value is -1.85. The predicted molar refractivity (Wildman–Crippen MR) is 51.2 cm³/mol. The van der Waals surface area contributed by atoms with Gasteiger partial charge in [0.05, 0.1) is 5.84 Å². The molecule has 5 N–H and O–H groups in total. The van der Waals surface area contributed by atoms with E-state index in [4.69, 9.17) is 21.4 Å². The summed E-state index contributed by atoms with van der Waals surface area (Å²) < 4.78 is 0. The van der Waals surface area contributed by atoms with Gasteiger partial charge in [0.2, 0.25) is 0 Å². The summed E-state index contributed by atoms with van der Waals surface area (Å²) in [6.45, 7) is 2.00. The van der Waals surface area contributed by atoms with Crippen molar-refractivity contribution < 1.29 is 19.8 Å². The number of aliphatic carboxylic acids is 2. The van der Waals surface area contributed by atoms with Gasteiger partial charge in [-0.15, -0.1) is 0 Å². The van der Waals surface area contributed by atoms with Gasteiger partial charge in [-0.05, 0) is 6.42 Å². The first-order valence-corrected chi connectivity index (χ1v) is 3.87. The molecule has 0 bridgehead atoms. The summed E-state index contributed by atoms with van der Waals surface area (Å²) in [5, 5.41) is 22.3. The topological polar surface area (TPSA) is 124 Å². The van der Waals surface area contributed by atoms with E-state index in [-0.39, 0.29) is 5.84 Å². The van der Waals surface area contributed by atoms with Crippen LogP contribution in [0.15, 0.2) is 12.2 Å². The summed E-state index contributed by atoms with van der Waals surface area (Å²) >= 11 is 0. The van der Waals surface area contributed by atoms with Crippen LogP contribution in [0.1, 0.15) is 19.8 Å². The van der Waals surface area contributed by atoms with E-state index in [9.17, 15) is 9.59 Å². The lowest BCUT2D eigenvalue weighted by Gasteiger charge is -1.85. The number of hydrogen-bond donors (Lipinski definition) is 4. The molecule has 0 rings (SSSR count). The molecule has 0 heterocycles. The molecule has 0 saturated carbocycles. The van der Waals surface area contributed by atoms with Crippen LogP contribution in [-0.2, 0) is 9.59 Å². The minimum Gasteiger partial charge on any atom is -0.478 e. The number of carboxylic acid groups (broad SMARTS) is 2. The van der Waals surface area contributed by atoms with Crippen molar-refractivity contribution in [3.05, 3.63) is 12.2 Å². The van der Waals surface area contributed by atoms with Crippen molar-refractivity contribution >= 4 is 17.8 Å². The fraction of sp³-hybridized carbons (Fsp3) is 0.375. The smallest absolute Gasteiger partial charge is 0.328 e. The van der Waals surface area contributed by atoms with Crippen LogP contribution in [0.4, 0.5) is 0 Å². The molecule has 80 valence electrons. The zero-order chi connectivity index (χ0) is 11.6. The van der Waals surface area contributed by atoms with Gasteiger partial charge in [-0.1, -0.05) is 6.92 Å². The fourth-order valence-corrected chi connectivity index (χ4v) is 0.412. The maximum absolute atomic E-state index is 9.55. The monoisotopic (exact) mass is 202 g/mol. The SMILES string of the molecule is CCCC(=N)N.O=C(O)C=CC(=O)O. The second kappa shape index (κ2) is 9.24. The Morgan fingerprint density at radius 2 is 1.64 bits per heavy atom. The highest BCUT2D eigenvalue weighted by molar-refractivity contribution is 5.89. The molecule has 0 aliphatic heterocycles. The molecule has 6 nitrogen and oxygen atoms in total. The van der Waals surface area contributed by atoms with Crippen molar-refractivity contribution in [1.29, 1.82) is 5.41 Å². The number of carbonyl (C=O) groups is 2. The zero-order valence-electron chi connectivity index (χ0n) is 7.86. The second-order valence-corrected chi connectivity index (χ2v) is 2.29. The molecule has 0 amide bonds. The number of nitrogens with one attached hydrogen (secondary N) is 1. The normalized spacial score (nSPS) is 8.93. The molecule has 6 heteroatoms. The third-order valence-corrected chi connectivity index (χ3v) is 0.888. The first-order chi connectivity index (χ1) is 6.40. The van der Waals surface area contributed by atoms with E-state index in [1.54, 1.807) is 0 Å². The molecule has 0 aliphatic rings. The molecule has 0 aromatic carbocycles. The van der Waals surface area contributed by atoms with Gasteiger partial charge in [-0.2, -0.15) is 0 Å². The first kappa shape index (κ1) is 14.7. The lowest BCUT2D eigenvalue weighted by Crippen LogP contribution is -2.07. The Balaban J connectivity index is 0. The van der Waals surface area contributed by atoms with E-state index in [2.05, 4.69) is 0 Å². The van der Waals surface area contributed by atoms with E-state index in [0.29, 0.717) is 12.2 Å². The molecule has 14 heavy (non-hydrogen) atoms. The number of amidine groups is 1. The molecule has 0 aliphatic carbocycles. The van der Waals surface area contributed by atoms with Crippen molar-refractivity contribution in [2.45, 2.75) is 19.8 Å². The number of carboxylic acids is 2. The molecule has 0 radical (unpaired) electrons. The van der Waals surface area contributed by atoms with Crippen molar-refractivity contribution in [2.75, 3.05) is 0 Å². The molecule has 0 atom stereocenters. The van der Waals surface area contributed by atoms with Crippen molar-refractivity contribution in [2.24, 2.45) is 5.73 Å². The standard InChI is InChI=1S/C4H10N2.C4H4O4/c1-2-3-4(5)6;5-3(6)1-2-4(7)8/h2-3H2,1H3,(H3,5,6);1-2H,(H,5,6)(H,7,8). The third-order valence-electron chi connectivity index (χ3n) is 0.888. The average Bonchev–Trinajstić information content (AvgIpc) is 2.01. The quantitative estimate of drug-likeness (QED) is 0.299. The van der Waals surface area contributed by atoms with Gasteiger partial charge in [-0.25, -0.2) is 9.59 Å². The van der Waals surface area contributed by atoms with Gasteiger partial charge < -0.3 is 15.9 Å². The number of nitrogens with two attached hydrogens (primary N) is 1. The molecule has 0 fully saturated rings. The molecular weight excluding hydrogens is 188 g/mol. The first-order valence-electron chi connectivity index (χ1n) is 3.87. The highest BCUT2D eigenvalue weighted by Crippen LogP contribution is 1.80. The van der Waals surface area contributed by atoms with E-state index in [0.717, 1.165) is 12.8 Å². The van der Waals surface area contributed by atoms with E-state index < -0.39 is 11.9 Å². The van der Waals surface area contributed by atoms with E-state index >= 15 is 0 Å². The van der Waals surface area contributed by atoms with Gasteiger partial charge in [0, 0.05) is 18.6 Å². The molecule has 0 spiro atoms. The number of rotatable bonds is 4. The maximum Gasteiger partial charge on any atom is 0.328 e. The Morgan fingerprint density at radius 3 is 1.71 bits per heavy atom. The molecule has 0 saturated heterocycles. The third kappa shape index (κ3) is 22.5. The Morgan fingerprint density at radius 1 is 1.29 bits per heavy atom. The van der Waals surface area contributed by atoms with Crippen LogP contribution >= 0.6 is 0 Å². The summed E-state index contributed by atoms with van der Waals surface area (Å²) in [7, 11) is 0. The lowest BCUT2D eigenvalue weighted by atomic mass is 10.3. The Bertz CT molecular complexity index is 219. The van der Waals surface area contributed by atoms with Gasteiger partial charge in [0.1, 0.15) is 0 Å². The average molecular weight is 202 g/mol. The van der Waals surface area contributed by atoms with E-state index in [1.807, 2.05) is 6.92 Å². The Labute approximate surface area is 81.5 Å². The minimum atomic E-state index is -1.26. The van der Waals surface area contributed by atoms with Crippen LogP contribution < -0.4 is 5.73 Å². The predicted octanol–water partition coefficient (Wildman–Crippen LogP) is 0.434. The van der Waals surface area contributed by atoms with Crippen LogP contribution in [0.3, 0.4) is 0 Å². The zero-order valence-corrected chi connectivity index (χ0v) is 7.86. The van der Waals surface area contributed by atoms with Crippen LogP contribution in [0.2, 0.25) is 0 Å². The van der Waals surface area contributed by atoms with Crippen LogP contribution in [-0.4, -0.2) is 28.0 Å². The highest BCUT2D eigenvalue weighted by Gasteiger charge is 1.88. The summed E-state index contributed by atoms with van der Waals surface area (Å²) in [6, 6.07) is 0. The molecule has 0 aromatic rings. The van der Waals surface area contributed by atoms with Gasteiger partial charge in [0.25, 0.3) is 0 Å².